The Morgan fingerprint density at radius 3 is 2.00 bits per heavy atom. The molecule has 4 nitrogen and oxygen atoms in total. The molecule has 3 N–H and O–H groups in total. The summed E-state index contributed by atoms with van der Waals surface area (Å²) in [6.45, 7) is 0. The second-order valence-electron chi connectivity index (χ2n) is 6.89. The number of anilines is 1. The van der Waals surface area contributed by atoms with Gasteiger partial charge in [-0.3, -0.25) is 4.79 Å². The van der Waals surface area contributed by atoms with E-state index < -0.39 is 0 Å². The lowest BCUT2D eigenvalue weighted by Crippen LogP contribution is -2.11. The average Bonchev–Trinajstić information content (AvgIpc) is 3.45. The average molecular weight is 358 g/mol. The Morgan fingerprint density at radius 1 is 0.926 bits per heavy atom. The minimum Gasteiger partial charge on any atom is -0.497 e. The fourth-order valence-electron chi connectivity index (χ4n) is 3.21. The van der Waals surface area contributed by atoms with E-state index in [0.29, 0.717) is 11.5 Å². The minimum atomic E-state index is -0.118. The number of nitrogens with two attached hydrogens (primary N) is 1. The molecule has 0 spiro atoms. The summed E-state index contributed by atoms with van der Waals surface area (Å²) < 4.78 is 5.18. The summed E-state index contributed by atoms with van der Waals surface area (Å²) in [4.78, 5) is 12.5. The van der Waals surface area contributed by atoms with E-state index in [4.69, 9.17) is 10.5 Å². The summed E-state index contributed by atoms with van der Waals surface area (Å²) in [5, 5.41) is 2.94. The van der Waals surface area contributed by atoms with Crippen LogP contribution in [0.4, 0.5) is 5.69 Å². The van der Waals surface area contributed by atoms with Crippen LogP contribution in [0.1, 0.15) is 28.3 Å². The van der Waals surface area contributed by atoms with Gasteiger partial charge in [0.25, 0.3) is 5.91 Å². The first kappa shape index (κ1) is 17.3. The highest BCUT2D eigenvalue weighted by Gasteiger charge is 2.34. The smallest absolute Gasteiger partial charge is 0.255 e. The van der Waals surface area contributed by atoms with Gasteiger partial charge in [-0.25, -0.2) is 0 Å². The van der Waals surface area contributed by atoms with E-state index in [1.54, 1.807) is 7.11 Å². The predicted molar refractivity (Wildman–Crippen MR) is 108 cm³/mol. The van der Waals surface area contributed by atoms with Gasteiger partial charge in [-0.05, 0) is 59.5 Å². The number of carbonyl (C=O) groups is 1. The molecule has 27 heavy (non-hydrogen) atoms. The molecule has 0 aliphatic heterocycles. The fraction of sp³-hybridized carbons (Fsp3) is 0.174. The van der Waals surface area contributed by atoms with Gasteiger partial charge >= 0.3 is 0 Å². The lowest BCUT2D eigenvalue weighted by Gasteiger charge is -2.08. The maximum atomic E-state index is 12.5. The molecular formula is C23H22N2O2. The van der Waals surface area contributed by atoms with Crippen molar-refractivity contribution in [1.29, 1.82) is 0 Å². The first-order valence-corrected chi connectivity index (χ1v) is 9.05. The molecule has 1 aliphatic carbocycles. The molecule has 0 radical (unpaired) electrons. The van der Waals surface area contributed by atoms with Crippen LogP contribution in [0.5, 0.6) is 5.75 Å². The van der Waals surface area contributed by atoms with Crippen LogP contribution < -0.4 is 15.8 Å². The summed E-state index contributed by atoms with van der Waals surface area (Å²) in [5.41, 5.74) is 10.7. The summed E-state index contributed by atoms with van der Waals surface area (Å²) >= 11 is 0. The van der Waals surface area contributed by atoms with Gasteiger partial charge in [0, 0.05) is 23.2 Å². The summed E-state index contributed by atoms with van der Waals surface area (Å²) in [6.07, 6.45) is 1.05. The molecule has 0 aromatic heterocycles. The molecule has 1 saturated carbocycles. The van der Waals surface area contributed by atoms with Crippen LogP contribution in [0, 0.1) is 0 Å². The van der Waals surface area contributed by atoms with E-state index in [9.17, 15) is 4.79 Å². The zero-order valence-electron chi connectivity index (χ0n) is 15.2. The summed E-state index contributed by atoms with van der Waals surface area (Å²) in [6, 6.07) is 23.7. The number of ether oxygens (including phenoxy) is 1. The predicted octanol–water partition coefficient (Wildman–Crippen LogP) is 4.43. The van der Waals surface area contributed by atoms with Crippen LogP contribution in [-0.4, -0.2) is 19.1 Å². The standard InChI is InChI=1S/C23H22N2O2/c1-27-20-12-8-16(9-13-20)15-2-4-18(5-3-15)23(26)25-19-10-6-17(7-11-19)21-14-22(21)24/h2-13,21-22H,14,24H2,1H3,(H,25,26)/t21-,22+/m0/s1. The van der Waals surface area contributed by atoms with Crippen molar-refractivity contribution in [2.24, 2.45) is 5.73 Å². The highest BCUT2D eigenvalue weighted by atomic mass is 16.5. The van der Waals surface area contributed by atoms with Gasteiger partial charge in [0.1, 0.15) is 5.75 Å². The number of hydrogen-bond acceptors (Lipinski definition) is 3. The van der Waals surface area contributed by atoms with Gasteiger partial charge < -0.3 is 15.8 Å². The Balaban J connectivity index is 1.42. The number of carbonyl (C=O) groups excluding carboxylic acids is 1. The molecule has 4 heteroatoms. The van der Waals surface area contributed by atoms with Crippen molar-refractivity contribution in [3.05, 3.63) is 83.9 Å². The third-order valence-corrected chi connectivity index (χ3v) is 5.01. The number of hydrogen-bond donors (Lipinski definition) is 2. The molecule has 3 aromatic carbocycles. The molecule has 1 aliphatic rings. The Morgan fingerprint density at radius 2 is 1.48 bits per heavy atom. The van der Waals surface area contributed by atoms with E-state index >= 15 is 0 Å². The van der Waals surface area contributed by atoms with Gasteiger partial charge in [0.15, 0.2) is 0 Å². The molecule has 0 bridgehead atoms. The van der Waals surface area contributed by atoms with E-state index in [1.807, 2.05) is 72.8 Å². The zero-order valence-corrected chi connectivity index (χ0v) is 15.2. The van der Waals surface area contributed by atoms with Gasteiger partial charge in [0.05, 0.1) is 7.11 Å². The first-order valence-electron chi connectivity index (χ1n) is 9.05. The quantitative estimate of drug-likeness (QED) is 0.709. The van der Waals surface area contributed by atoms with Crippen LogP contribution in [0.25, 0.3) is 11.1 Å². The molecule has 4 rings (SSSR count). The molecule has 3 aromatic rings. The normalized spacial score (nSPS) is 18.0. The van der Waals surface area contributed by atoms with Crippen molar-refractivity contribution in [3.63, 3.8) is 0 Å². The van der Waals surface area contributed by atoms with Crippen molar-refractivity contribution in [1.82, 2.24) is 0 Å². The molecule has 2 atom stereocenters. The highest BCUT2D eigenvalue weighted by Crippen LogP contribution is 2.39. The lowest BCUT2D eigenvalue weighted by atomic mass is 10.0. The SMILES string of the molecule is COc1ccc(-c2ccc(C(=O)Nc3ccc([C@@H]4C[C@H]4N)cc3)cc2)cc1. The number of rotatable bonds is 5. The summed E-state index contributed by atoms with van der Waals surface area (Å²) in [7, 11) is 1.65. The molecule has 1 fully saturated rings. The zero-order chi connectivity index (χ0) is 18.8. The van der Waals surface area contributed by atoms with Crippen molar-refractivity contribution < 1.29 is 9.53 Å². The van der Waals surface area contributed by atoms with Crippen molar-refractivity contribution in [3.8, 4) is 16.9 Å². The van der Waals surface area contributed by atoms with E-state index in [1.165, 1.54) is 5.56 Å². The third-order valence-electron chi connectivity index (χ3n) is 5.01. The lowest BCUT2D eigenvalue weighted by molar-refractivity contribution is 0.102. The Kier molecular flexibility index (Phi) is 4.65. The minimum absolute atomic E-state index is 0.118. The molecule has 1 amide bonds. The number of methoxy groups -OCH3 is 1. The van der Waals surface area contributed by atoms with Gasteiger partial charge in [0.2, 0.25) is 0 Å². The van der Waals surface area contributed by atoms with Crippen LogP contribution in [0.15, 0.2) is 72.8 Å². The summed E-state index contributed by atoms with van der Waals surface area (Å²) in [5.74, 6) is 1.18. The molecule has 0 unspecified atom stereocenters. The van der Waals surface area contributed by atoms with Gasteiger partial charge in [-0.15, -0.1) is 0 Å². The van der Waals surface area contributed by atoms with Crippen LogP contribution in [0.2, 0.25) is 0 Å². The van der Waals surface area contributed by atoms with E-state index in [0.717, 1.165) is 29.0 Å². The maximum Gasteiger partial charge on any atom is 0.255 e. The van der Waals surface area contributed by atoms with Crippen LogP contribution in [0.3, 0.4) is 0 Å². The van der Waals surface area contributed by atoms with Crippen LogP contribution in [-0.2, 0) is 0 Å². The number of nitrogens with one attached hydrogen (secondary N) is 1. The topological polar surface area (TPSA) is 64.3 Å². The Labute approximate surface area is 159 Å². The van der Waals surface area contributed by atoms with Crippen molar-refractivity contribution >= 4 is 11.6 Å². The van der Waals surface area contributed by atoms with Crippen molar-refractivity contribution in [2.75, 3.05) is 12.4 Å². The second kappa shape index (κ2) is 7.25. The molecule has 0 saturated heterocycles. The molecule has 0 heterocycles. The van der Waals surface area contributed by atoms with E-state index in [2.05, 4.69) is 5.32 Å². The molecular weight excluding hydrogens is 336 g/mol. The number of amides is 1. The first-order chi connectivity index (χ1) is 13.1. The van der Waals surface area contributed by atoms with Gasteiger partial charge in [-0.1, -0.05) is 36.4 Å². The maximum absolute atomic E-state index is 12.5. The number of benzene rings is 3. The fourth-order valence-corrected chi connectivity index (χ4v) is 3.21. The largest absolute Gasteiger partial charge is 0.497 e. The monoisotopic (exact) mass is 358 g/mol. The molecule has 136 valence electrons. The Bertz CT molecular complexity index is 932. The highest BCUT2D eigenvalue weighted by molar-refractivity contribution is 6.04. The van der Waals surface area contributed by atoms with E-state index in [-0.39, 0.29) is 11.9 Å². The van der Waals surface area contributed by atoms with Gasteiger partial charge in [-0.2, -0.15) is 0 Å². The second-order valence-corrected chi connectivity index (χ2v) is 6.89. The van der Waals surface area contributed by atoms with Crippen LogP contribution >= 0.6 is 0 Å². The van der Waals surface area contributed by atoms with Crippen molar-refractivity contribution in [2.45, 2.75) is 18.4 Å². The third kappa shape index (κ3) is 3.86. The Hall–Kier alpha value is -3.11.